The molecule has 1 saturated heterocycles. The standard InChI is InChI=1S/C14H23N3S2/c1-4-5-15-9-12-8-10(2)16-14(17-12)13-11(3)18-6-7-19-13/h8,11,13,15H,4-7,9H2,1-3H3. The second-order valence-electron chi connectivity index (χ2n) is 4.90. The summed E-state index contributed by atoms with van der Waals surface area (Å²) in [4.78, 5) is 9.43. The van der Waals surface area contributed by atoms with Crippen molar-refractivity contribution >= 4 is 23.5 Å². The Morgan fingerprint density at radius 1 is 1.32 bits per heavy atom. The Morgan fingerprint density at radius 3 is 2.84 bits per heavy atom. The largest absolute Gasteiger partial charge is 0.311 e. The van der Waals surface area contributed by atoms with E-state index in [9.17, 15) is 0 Å². The molecule has 3 nitrogen and oxygen atoms in total. The summed E-state index contributed by atoms with van der Waals surface area (Å²) in [5.74, 6) is 3.48. The first-order chi connectivity index (χ1) is 9.20. The zero-order chi connectivity index (χ0) is 13.7. The summed E-state index contributed by atoms with van der Waals surface area (Å²) in [6.07, 6.45) is 1.16. The molecule has 2 rings (SSSR count). The van der Waals surface area contributed by atoms with Gasteiger partial charge in [-0.15, -0.1) is 11.8 Å². The Hall–Kier alpha value is -0.260. The summed E-state index contributed by atoms with van der Waals surface area (Å²) in [6.45, 7) is 8.44. The summed E-state index contributed by atoms with van der Waals surface area (Å²) in [6, 6.07) is 2.09. The summed E-state index contributed by atoms with van der Waals surface area (Å²) in [5, 5.41) is 4.47. The number of aryl methyl sites for hydroxylation is 1. The first kappa shape index (κ1) is 15.1. The molecule has 0 spiro atoms. The van der Waals surface area contributed by atoms with E-state index in [1.165, 1.54) is 11.5 Å². The Bertz CT molecular complexity index is 412. The van der Waals surface area contributed by atoms with Crippen LogP contribution in [0.2, 0.25) is 0 Å². The van der Waals surface area contributed by atoms with Gasteiger partial charge in [0, 0.05) is 29.0 Å². The zero-order valence-electron chi connectivity index (χ0n) is 12.0. The van der Waals surface area contributed by atoms with Gasteiger partial charge < -0.3 is 5.32 Å². The molecule has 2 unspecified atom stereocenters. The van der Waals surface area contributed by atoms with Gasteiger partial charge in [-0.1, -0.05) is 13.8 Å². The van der Waals surface area contributed by atoms with E-state index in [4.69, 9.17) is 4.98 Å². The molecule has 1 N–H and O–H groups in total. The predicted octanol–water partition coefficient (Wildman–Crippen LogP) is 3.19. The van der Waals surface area contributed by atoms with Gasteiger partial charge in [0.05, 0.1) is 10.9 Å². The van der Waals surface area contributed by atoms with Gasteiger partial charge in [-0.05, 0) is 26.0 Å². The van der Waals surface area contributed by atoms with Crippen molar-refractivity contribution in [1.29, 1.82) is 0 Å². The van der Waals surface area contributed by atoms with Crippen molar-refractivity contribution < 1.29 is 0 Å². The number of aromatic nitrogens is 2. The van der Waals surface area contributed by atoms with Gasteiger partial charge in [-0.3, -0.25) is 0 Å². The number of rotatable bonds is 5. The van der Waals surface area contributed by atoms with E-state index in [1.54, 1.807) is 0 Å². The van der Waals surface area contributed by atoms with Crippen molar-refractivity contribution in [1.82, 2.24) is 15.3 Å². The maximum Gasteiger partial charge on any atom is 0.142 e. The smallest absolute Gasteiger partial charge is 0.142 e. The maximum absolute atomic E-state index is 4.77. The van der Waals surface area contributed by atoms with Gasteiger partial charge >= 0.3 is 0 Å². The van der Waals surface area contributed by atoms with Crippen molar-refractivity contribution in [3.05, 3.63) is 23.3 Å². The molecule has 5 heteroatoms. The second kappa shape index (κ2) is 7.50. The van der Waals surface area contributed by atoms with Crippen LogP contribution in [0.1, 0.15) is 42.7 Å². The second-order valence-corrected chi connectivity index (χ2v) is 7.64. The minimum atomic E-state index is 0.448. The quantitative estimate of drug-likeness (QED) is 0.845. The van der Waals surface area contributed by atoms with Gasteiger partial charge in [0.25, 0.3) is 0 Å². The monoisotopic (exact) mass is 297 g/mol. The Kier molecular flexibility index (Phi) is 5.98. The minimum absolute atomic E-state index is 0.448. The molecule has 2 atom stereocenters. The van der Waals surface area contributed by atoms with E-state index in [2.05, 4.69) is 37.1 Å². The molecule has 106 valence electrons. The van der Waals surface area contributed by atoms with E-state index in [0.717, 1.165) is 36.7 Å². The van der Waals surface area contributed by atoms with Crippen LogP contribution in [0.15, 0.2) is 6.07 Å². The lowest BCUT2D eigenvalue weighted by Crippen LogP contribution is -2.21. The highest BCUT2D eigenvalue weighted by atomic mass is 32.2. The van der Waals surface area contributed by atoms with E-state index < -0.39 is 0 Å². The topological polar surface area (TPSA) is 37.8 Å². The lowest BCUT2D eigenvalue weighted by Gasteiger charge is -2.27. The highest BCUT2D eigenvalue weighted by molar-refractivity contribution is 8.06. The SMILES string of the molecule is CCCNCc1cc(C)nc(C2SCCSC2C)n1. The molecule has 1 fully saturated rings. The van der Waals surface area contributed by atoms with E-state index in [0.29, 0.717) is 10.5 Å². The fourth-order valence-electron chi connectivity index (χ4n) is 2.19. The normalized spacial score (nSPS) is 23.5. The number of nitrogens with one attached hydrogen (secondary N) is 1. The van der Waals surface area contributed by atoms with Crippen LogP contribution in [0.4, 0.5) is 0 Å². The molecule has 0 aliphatic carbocycles. The highest BCUT2D eigenvalue weighted by Crippen LogP contribution is 2.40. The maximum atomic E-state index is 4.77. The van der Waals surface area contributed by atoms with E-state index in [1.807, 2.05) is 23.5 Å². The molecule has 0 amide bonds. The molecule has 0 aromatic carbocycles. The molecule has 1 aliphatic heterocycles. The molecule has 2 heterocycles. The predicted molar refractivity (Wildman–Crippen MR) is 85.9 cm³/mol. The molecule has 1 aromatic heterocycles. The number of hydrogen-bond acceptors (Lipinski definition) is 5. The van der Waals surface area contributed by atoms with Crippen molar-refractivity contribution in [3.63, 3.8) is 0 Å². The van der Waals surface area contributed by atoms with E-state index >= 15 is 0 Å². The van der Waals surface area contributed by atoms with Gasteiger partial charge in [0.2, 0.25) is 0 Å². The third-order valence-electron chi connectivity index (χ3n) is 3.10. The number of nitrogens with zero attached hydrogens (tertiary/aromatic N) is 2. The first-order valence-corrected chi connectivity index (χ1v) is 9.09. The fraction of sp³-hybridized carbons (Fsp3) is 0.714. The van der Waals surface area contributed by atoms with Gasteiger partial charge in [0.15, 0.2) is 0 Å². The Balaban J connectivity index is 2.11. The van der Waals surface area contributed by atoms with Crippen molar-refractivity contribution in [3.8, 4) is 0 Å². The molecule has 0 saturated carbocycles. The Labute approximate surface area is 124 Å². The van der Waals surface area contributed by atoms with Gasteiger partial charge in [-0.25, -0.2) is 9.97 Å². The molecule has 1 aromatic rings. The third kappa shape index (κ3) is 4.36. The van der Waals surface area contributed by atoms with Crippen molar-refractivity contribution in [2.24, 2.45) is 0 Å². The van der Waals surface area contributed by atoms with Gasteiger partial charge in [0.1, 0.15) is 5.82 Å². The average Bonchev–Trinajstić information content (AvgIpc) is 2.39. The zero-order valence-corrected chi connectivity index (χ0v) is 13.6. The van der Waals surface area contributed by atoms with Crippen LogP contribution in [0.3, 0.4) is 0 Å². The summed E-state index contributed by atoms with van der Waals surface area (Å²) in [7, 11) is 0. The van der Waals surface area contributed by atoms with Crippen LogP contribution in [0, 0.1) is 6.92 Å². The van der Waals surface area contributed by atoms with Crippen LogP contribution >= 0.6 is 23.5 Å². The number of thioether (sulfide) groups is 2. The Morgan fingerprint density at radius 2 is 2.11 bits per heavy atom. The fourth-order valence-corrected chi connectivity index (χ4v) is 4.87. The van der Waals surface area contributed by atoms with Crippen LogP contribution in [0.5, 0.6) is 0 Å². The van der Waals surface area contributed by atoms with Crippen LogP contribution in [0.25, 0.3) is 0 Å². The highest BCUT2D eigenvalue weighted by Gasteiger charge is 2.26. The summed E-state index contributed by atoms with van der Waals surface area (Å²) < 4.78 is 0. The van der Waals surface area contributed by atoms with Crippen LogP contribution in [-0.2, 0) is 6.54 Å². The first-order valence-electron chi connectivity index (χ1n) is 6.99. The van der Waals surface area contributed by atoms with Crippen molar-refractivity contribution in [2.75, 3.05) is 18.1 Å². The molecular formula is C14H23N3S2. The molecule has 0 bridgehead atoms. The van der Waals surface area contributed by atoms with Crippen LogP contribution in [-0.4, -0.2) is 33.3 Å². The lowest BCUT2D eigenvalue weighted by atomic mass is 10.2. The third-order valence-corrected chi connectivity index (χ3v) is 6.19. The van der Waals surface area contributed by atoms with Crippen LogP contribution < -0.4 is 5.32 Å². The number of hydrogen-bond donors (Lipinski definition) is 1. The summed E-state index contributed by atoms with van der Waals surface area (Å²) in [5.41, 5.74) is 2.21. The molecular weight excluding hydrogens is 274 g/mol. The van der Waals surface area contributed by atoms with E-state index in [-0.39, 0.29) is 0 Å². The molecule has 19 heavy (non-hydrogen) atoms. The molecule has 1 aliphatic rings. The lowest BCUT2D eigenvalue weighted by molar-refractivity contribution is 0.655. The summed E-state index contributed by atoms with van der Waals surface area (Å²) >= 11 is 4.04. The minimum Gasteiger partial charge on any atom is -0.311 e. The molecule has 0 radical (unpaired) electrons. The van der Waals surface area contributed by atoms with Crippen molar-refractivity contribution in [2.45, 2.75) is 44.2 Å². The average molecular weight is 297 g/mol. The van der Waals surface area contributed by atoms with Gasteiger partial charge in [-0.2, -0.15) is 11.8 Å².